The molecule has 0 radical (unpaired) electrons. The molecule has 2 aromatic carbocycles. The van der Waals surface area contributed by atoms with Gasteiger partial charge in [0.15, 0.2) is 0 Å². The molecule has 1 aliphatic rings. The maximum absolute atomic E-state index is 5.44. The normalized spacial score (nSPS) is 14.8. The van der Waals surface area contributed by atoms with Crippen molar-refractivity contribution in [2.75, 3.05) is 31.9 Å². The predicted octanol–water partition coefficient (Wildman–Crippen LogP) is 5.07. The first-order chi connectivity index (χ1) is 13.2. The number of thiazole rings is 1. The molecule has 1 aliphatic heterocycles. The zero-order valence-electron chi connectivity index (χ0n) is 15.3. The third-order valence-corrected chi connectivity index (χ3v) is 7.22. The highest BCUT2D eigenvalue weighted by Crippen LogP contribution is 2.36. The molecule has 0 bridgehead atoms. The minimum Gasteiger partial charge on any atom is -0.380 e. The topological polar surface area (TPSA) is 47.0 Å². The van der Waals surface area contributed by atoms with Crippen LogP contribution in [0.4, 0.5) is 11.4 Å². The van der Waals surface area contributed by atoms with Gasteiger partial charge in [-0.25, -0.2) is 4.98 Å². The number of hydrogen-bond donors (Lipinski definition) is 1. The van der Waals surface area contributed by atoms with Crippen LogP contribution in [0.15, 0.2) is 48.1 Å². The quantitative estimate of drug-likeness (QED) is 0.492. The van der Waals surface area contributed by atoms with Crippen LogP contribution in [0.3, 0.4) is 0 Å². The lowest BCUT2D eigenvalue weighted by atomic mass is 9.96. The number of aromatic nitrogens is 2. The van der Waals surface area contributed by atoms with Crippen LogP contribution in [0.2, 0.25) is 0 Å². The van der Waals surface area contributed by atoms with E-state index in [9.17, 15) is 0 Å². The van der Waals surface area contributed by atoms with Crippen molar-refractivity contribution in [1.82, 2.24) is 9.97 Å². The molecule has 0 amide bonds. The minimum absolute atomic E-state index is 0.202. The average molecular weight is 393 g/mol. The number of pyridine rings is 1. The van der Waals surface area contributed by atoms with E-state index in [0.717, 1.165) is 35.6 Å². The molecule has 0 unspecified atom stereocenters. The van der Waals surface area contributed by atoms with Crippen molar-refractivity contribution >= 4 is 57.1 Å². The summed E-state index contributed by atoms with van der Waals surface area (Å²) in [6, 6.07) is 13.0. The Morgan fingerprint density at radius 3 is 2.74 bits per heavy atom. The third kappa shape index (κ3) is 3.10. The second-order valence-electron chi connectivity index (χ2n) is 7.08. The van der Waals surface area contributed by atoms with Crippen LogP contribution in [-0.2, 0) is 4.74 Å². The lowest BCUT2D eigenvalue weighted by molar-refractivity contribution is 0.00887. The van der Waals surface area contributed by atoms with E-state index in [4.69, 9.17) is 4.74 Å². The van der Waals surface area contributed by atoms with Crippen molar-refractivity contribution in [1.29, 1.82) is 0 Å². The molecule has 0 aliphatic carbocycles. The van der Waals surface area contributed by atoms with Gasteiger partial charge in [0.05, 0.1) is 34.5 Å². The van der Waals surface area contributed by atoms with Gasteiger partial charge in [0, 0.05) is 28.9 Å². The van der Waals surface area contributed by atoms with Crippen molar-refractivity contribution in [3.63, 3.8) is 0 Å². The number of benzene rings is 2. The Morgan fingerprint density at radius 2 is 1.96 bits per heavy atom. The van der Waals surface area contributed by atoms with Gasteiger partial charge in [-0.2, -0.15) is 0 Å². The lowest BCUT2D eigenvalue weighted by Gasteiger charge is -2.29. The van der Waals surface area contributed by atoms with E-state index in [-0.39, 0.29) is 7.92 Å². The van der Waals surface area contributed by atoms with Crippen molar-refractivity contribution < 1.29 is 4.74 Å². The highest BCUT2D eigenvalue weighted by atomic mass is 32.1. The SMILES string of the molecule is CP(C)c1cc2c(Nc3ccc4scnc4c3)ccnc2cc1C1COC1. The van der Waals surface area contributed by atoms with Gasteiger partial charge in [-0.3, -0.25) is 4.98 Å². The molecule has 136 valence electrons. The summed E-state index contributed by atoms with van der Waals surface area (Å²) in [5.74, 6) is 0.514. The maximum atomic E-state index is 5.44. The molecule has 5 rings (SSSR count). The van der Waals surface area contributed by atoms with Crippen LogP contribution in [0.25, 0.3) is 21.1 Å². The van der Waals surface area contributed by atoms with Crippen LogP contribution >= 0.6 is 19.3 Å². The Bertz CT molecular complexity index is 1140. The largest absolute Gasteiger partial charge is 0.380 e. The zero-order valence-corrected chi connectivity index (χ0v) is 17.0. The van der Waals surface area contributed by atoms with Crippen molar-refractivity contribution in [2.45, 2.75) is 5.92 Å². The van der Waals surface area contributed by atoms with E-state index in [1.165, 1.54) is 21.0 Å². The Hall–Kier alpha value is -2.07. The summed E-state index contributed by atoms with van der Waals surface area (Å²) >= 11 is 1.66. The lowest BCUT2D eigenvalue weighted by Crippen LogP contribution is -2.29. The zero-order chi connectivity index (χ0) is 18.4. The number of nitrogens with zero attached hydrogens (tertiary/aromatic N) is 2. The number of nitrogens with one attached hydrogen (secondary N) is 1. The predicted molar refractivity (Wildman–Crippen MR) is 117 cm³/mol. The second kappa shape index (κ2) is 6.83. The molecule has 1 saturated heterocycles. The fourth-order valence-electron chi connectivity index (χ4n) is 3.53. The Kier molecular flexibility index (Phi) is 4.31. The average Bonchev–Trinajstić information content (AvgIpc) is 3.07. The highest BCUT2D eigenvalue weighted by molar-refractivity contribution is 7.64. The molecule has 3 heterocycles. The fourth-order valence-corrected chi connectivity index (χ4v) is 5.34. The van der Waals surface area contributed by atoms with Crippen LogP contribution in [0.5, 0.6) is 0 Å². The summed E-state index contributed by atoms with van der Waals surface area (Å²) in [7, 11) is -0.202. The molecule has 1 fully saturated rings. The molecule has 27 heavy (non-hydrogen) atoms. The Balaban J connectivity index is 1.60. The van der Waals surface area contributed by atoms with E-state index < -0.39 is 0 Å². The first kappa shape index (κ1) is 17.1. The Morgan fingerprint density at radius 1 is 1.07 bits per heavy atom. The first-order valence-electron chi connectivity index (χ1n) is 8.97. The second-order valence-corrected chi connectivity index (χ2v) is 10.2. The van der Waals surface area contributed by atoms with Gasteiger partial charge in [-0.15, -0.1) is 11.3 Å². The summed E-state index contributed by atoms with van der Waals surface area (Å²) in [5.41, 5.74) is 7.51. The summed E-state index contributed by atoms with van der Waals surface area (Å²) < 4.78 is 6.64. The van der Waals surface area contributed by atoms with E-state index >= 15 is 0 Å². The smallest absolute Gasteiger partial charge is 0.0832 e. The van der Waals surface area contributed by atoms with Crippen LogP contribution in [-0.4, -0.2) is 36.5 Å². The molecule has 4 aromatic rings. The number of hydrogen-bond acceptors (Lipinski definition) is 5. The number of rotatable bonds is 4. The van der Waals surface area contributed by atoms with Crippen LogP contribution in [0, 0.1) is 0 Å². The molecule has 0 spiro atoms. The first-order valence-corrected chi connectivity index (χ1v) is 12.1. The fraction of sp³-hybridized carbons (Fsp3) is 0.238. The van der Waals surface area contributed by atoms with Gasteiger partial charge in [-0.1, -0.05) is 7.92 Å². The van der Waals surface area contributed by atoms with Crippen molar-refractivity contribution in [3.8, 4) is 0 Å². The van der Waals surface area contributed by atoms with Crippen LogP contribution in [0.1, 0.15) is 11.5 Å². The summed E-state index contributed by atoms with van der Waals surface area (Å²) in [5, 5.41) is 6.21. The van der Waals surface area contributed by atoms with Gasteiger partial charge in [0.1, 0.15) is 0 Å². The number of ether oxygens (including phenoxy) is 1. The van der Waals surface area contributed by atoms with Crippen molar-refractivity contribution in [3.05, 3.63) is 53.7 Å². The summed E-state index contributed by atoms with van der Waals surface area (Å²) in [4.78, 5) is 9.07. The monoisotopic (exact) mass is 393 g/mol. The van der Waals surface area contributed by atoms with E-state index in [2.05, 4.69) is 65.0 Å². The molecular weight excluding hydrogens is 373 g/mol. The van der Waals surface area contributed by atoms with Gasteiger partial charge < -0.3 is 10.1 Å². The maximum Gasteiger partial charge on any atom is 0.0832 e. The van der Waals surface area contributed by atoms with Crippen molar-refractivity contribution in [2.24, 2.45) is 0 Å². The molecule has 6 heteroatoms. The van der Waals surface area contributed by atoms with Crippen LogP contribution < -0.4 is 10.6 Å². The standard InChI is InChI=1S/C21H20N3OPS/c1-26(2)20-9-16-17(24-14-3-4-21-19(7-14)23-12-27-21)5-6-22-18(16)8-15(20)13-10-25-11-13/h3-9,12-13H,10-11H2,1-2H3,(H,22,24). The molecule has 1 N–H and O–H groups in total. The minimum atomic E-state index is -0.202. The Labute approximate surface area is 163 Å². The summed E-state index contributed by atoms with van der Waals surface area (Å²) in [6.07, 6.45) is 1.88. The molecule has 0 saturated carbocycles. The van der Waals surface area contributed by atoms with E-state index in [1.807, 2.05) is 11.7 Å². The van der Waals surface area contributed by atoms with E-state index in [1.54, 1.807) is 11.3 Å². The van der Waals surface area contributed by atoms with E-state index in [0.29, 0.717) is 5.92 Å². The molecule has 4 nitrogen and oxygen atoms in total. The highest BCUT2D eigenvalue weighted by Gasteiger charge is 2.25. The van der Waals surface area contributed by atoms with Gasteiger partial charge in [0.25, 0.3) is 0 Å². The van der Waals surface area contributed by atoms with Gasteiger partial charge >= 0.3 is 0 Å². The molecule has 0 atom stereocenters. The number of fused-ring (bicyclic) bond motifs is 2. The molecule has 2 aromatic heterocycles. The van der Waals surface area contributed by atoms with Gasteiger partial charge in [0.2, 0.25) is 0 Å². The number of anilines is 2. The third-order valence-electron chi connectivity index (χ3n) is 5.06. The molecular formula is C21H20N3OPS. The van der Waals surface area contributed by atoms with Gasteiger partial charge in [-0.05, 0) is 60.6 Å². The summed E-state index contributed by atoms with van der Waals surface area (Å²) in [6.45, 7) is 6.29.